The summed E-state index contributed by atoms with van der Waals surface area (Å²) in [5, 5.41) is 1.75. The normalized spacial score (nSPS) is 15.0. The Morgan fingerprint density at radius 1 is 0.909 bits per heavy atom. The highest BCUT2D eigenvalue weighted by atomic mass is 32.2. The van der Waals surface area contributed by atoms with E-state index in [4.69, 9.17) is 4.42 Å². The largest absolute Gasteiger partial charge is 0.436 e. The molecule has 4 aromatic rings. The Kier molecular flexibility index (Phi) is 5.84. The first kappa shape index (κ1) is 21.6. The number of hydrogen-bond donors (Lipinski definition) is 0. The lowest BCUT2D eigenvalue weighted by Crippen LogP contribution is -2.50. The molecule has 0 spiro atoms. The summed E-state index contributed by atoms with van der Waals surface area (Å²) in [5.41, 5.74) is 2.00. The van der Waals surface area contributed by atoms with E-state index in [9.17, 15) is 13.2 Å². The van der Waals surface area contributed by atoms with Crippen LogP contribution in [0.4, 0.5) is 0 Å². The van der Waals surface area contributed by atoms with Crippen LogP contribution in [0.15, 0.2) is 86.9 Å². The molecule has 1 amide bonds. The van der Waals surface area contributed by atoms with Crippen molar-refractivity contribution in [2.45, 2.75) is 4.21 Å². The SMILES string of the molecule is O=C(c1ccccc1-c1ncc(-c2ccccc2)o1)N1CCN(S(=O)(=O)c2cccs2)CC1. The molecule has 9 heteroatoms. The molecule has 1 aliphatic heterocycles. The van der Waals surface area contributed by atoms with Crippen molar-refractivity contribution in [1.29, 1.82) is 0 Å². The van der Waals surface area contributed by atoms with Gasteiger partial charge in [0, 0.05) is 37.3 Å². The van der Waals surface area contributed by atoms with Gasteiger partial charge in [-0.1, -0.05) is 48.5 Å². The number of benzene rings is 2. The highest BCUT2D eigenvalue weighted by Gasteiger charge is 2.31. The van der Waals surface area contributed by atoms with Crippen molar-refractivity contribution in [2.75, 3.05) is 26.2 Å². The Labute approximate surface area is 196 Å². The maximum Gasteiger partial charge on any atom is 0.254 e. The van der Waals surface area contributed by atoms with Gasteiger partial charge in [0.05, 0.1) is 11.8 Å². The summed E-state index contributed by atoms with van der Waals surface area (Å²) in [6.45, 7) is 1.15. The Bertz CT molecular complexity index is 1360. The van der Waals surface area contributed by atoms with Gasteiger partial charge in [-0.3, -0.25) is 4.79 Å². The zero-order valence-electron chi connectivity index (χ0n) is 17.6. The number of aromatic nitrogens is 1. The number of thiophene rings is 1. The summed E-state index contributed by atoms with van der Waals surface area (Å²) in [6.07, 6.45) is 1.65. The van der Waals surface area contributed by atoms with Gasteiger partial charge in [-0.05, 0) is 23.6 Å². The van der Waals surface area contributed by atoms with Crippen LogP contribution in [0.1, 0.15) is 10.4 Å². The van der Waals surface area contributed by atoms with Gasteiger partial charge in [-0.2, -0.15) is 4.31 Å². The second-order valence-corrected chi connectivity index (χ2v) is 10.7. The molecule has 1 fully saturated rings. The van der Waals surface area contributed by atoms with E-state index < -0.39 is 10.0 Å². The molecular formula is C24H21N3O4S2. The Morgan fingerprint density at radius 2 is 1.64 bits per heavy atom. The lowest BCUT2D eigenvalue weighted by atomic mass is 10.1. The molecule has 0 saturated carbocycles. The third kappa shape index (κ3) is 4.22. The second-order valence-electron chi connectivity index (χ2n) is 7.57. The van der Waals surface area contributed by atoms with E-state index in [2.05, 4.69) is 4.98 Å². The summed E-state index contributed by atoms with van der Waals surface area (Å²) in [7, 11) is -3.52. The van der Waals surface area contributed by atoms with Crippen LogP contribution in [0.25, 0.3) is 22.8 Å². The Hall–Kier alpha value is -3.27. The van der Waals surface area contributed by atoms with Crippen molar-refractivity contribution in [1.82, 2.24) is 14.2 Å². The molecule has 1 saturated heterocycles. The van der Waals surface area contributed by atoms with Crippen molar-refractivity contribution >= 4 is 27.3 Å². The number of piperazine rings is 1. The molecule has 1 aliphatic rings. The van der Waals surface area contributed by atoms with Gasteiger partial charge in [0.1, 0.15) is 4.21 Å². The molecule has 0 bridgehead atoms. The van der Waals surface area contributed by atoms with Crippen LogP contribution in [0, 0.1) is 0 Å². The van der Waals surface area contributed by atoms with Crippen LogP contribution in [0.3, 0.4) is 0 Å². The molecule has 0 unspecified atom stereocenters. The van der Waals surface area contributed by atoms with E-state index in [1.807, 2.05) is 42.5 Å². The molecule has 33 heavy (non-hydrogen) atoms. The number of oxazole rings is 1. The van der Waals surface area contributed by atoms with Crippen LogP contribution < -0.4 is 0 Å². The van der Waals surface area contributed by atoms with Crippen molar-refractivity contribution in [3.8, 4) is 22.8 Å². The van der Waals surface area contributed by atoms with Crippen LogP contribution >= 0.6 is 11.3 Å². The number of carbonyl (C=O) groups is 1. The fraction of sp³-hybridized carbons (Fsp3) is 0.167. The zero-order chi connectivity index (χ0) is 22.8. The Balaban J connectivity index is 1.34. The molecule has 0 radical (unpaired) electrons. The predicted octanol–water partition coefficient (Wildman–Crippen LogP) is 4.22. The summed E-state index contributed by atoms with van der Waals surface area (Å²) in [6, 6.07) is 20.2. The van der Waals surface area contributed by atoms with Gasteiger partial charge in [-0.15, -0.1) is 11.3 Å². The topological polar surface area (TPSA) is 83.7 Å². The van der Waals surface area contributed by atoms with Crippen molar-refractivity contribution in [3.05, 3.63) is 83.9 Å². The van der Waals surface area contributed by atoms with E-state index in [0.29, 0.717) is 40.1 Å². The van der Waals surface area contributed by atoms with Crippen molar-refractivity contribution in [3.63, 3.8) is 0 Å². The standard InChI is InChI=1S/C24H21N3O4S2/c28-24(26-12-14-27(15-13-26)33(29,30)22-11-6-16-32-22)20-10-5-4-9-19(20)23-25-17-21(31-23)18-7-2-1-3-8-18/h1-11,16-17H,12-15H2. The number of carbonyl (C=O) groups excluding carboxylic acids is 1. The van der Waals surface area contributed by atoms with Crippen LogP contribution in [-0.2, 0) is 10.0 Å². The number of amides is 1. The Morgan fingerprint density at radius 3 is 2.36 bits per heavy atom. The highest BCUT2D eigenvalue weighted by Crippen LogP contribution is 2.29. The molecule has 168 valence electrons. The van der Waals surface area contributed by atoms with Gasteiger partial charge in [0.15, 0.2) is 5.76 Å². The maximum atomic E-state index is 13.3. The average molecular weight is 480 g/mol. The zero-order valence-corrected chi connectivity index (χ0v) is 19.3. The van der Waals surface area contributed by atoms with Crippen LogP contribution in [-0.4, -0.2) is 54.7 Å². The van der Waals surface area contributed by atoms with Gasteiger partial charge in [0.25, 0.3) is 15.9 Å². The first-order valence-corrected chi connectivity index (χ1v) is 12.8. The lowest BCUT2D eigenvalue weighted by molar-refractivity contribution is 0.0698. The van der Waals surface area contributed by atoms with Gasteiger partial charge in [-0.25, -0.2) is 13.4 Å². The van der Waals surface area contributed by atoms with Gasteiger partial charge >= 0.3 is 0 Å². The smallest absolute Gasteiger partial charge is 0.254 e. The minimum atomic E-state index is -3.52. The van der Waals surface area contributed by atoms with E-state index >= 15 is 0 Å². The lowest BCUT2D eigenvalue weighted by Gasteiger charge is -2.34. The van der Waals surface area contributed by atoms with E-state index in [0.717, 1.165) is 5.56 Å². The van der Waals surface area contributed by atoms with E-state index in [1.165, 1.54) is 15.6 Å². The third-order valence-electron chi connectivity index (χ3n) is 5.57. The first-order valence-electron chi connectivity index (χ1n) is 10.5. The monoisotopic (exact) mass is 479 g/mol. The fourth-order valence-corrected chi connectivity index (χ4v) is 6.40. The quantitative estimate of drug-likeness (QED) is 0.428. The molecular weight excluding hydrogens is 458 g/mol. The molecule has 0 aliphatic carbocycles. The molecule has 5 rings (SSSR count). The average Bonchev–Trinajstić information content (AvgIpc) is 3.57. The molecule has 3 heterocycles. The summed E-state index contributed by atoms with van der Waals surface area (Å²) in [4.78, 5) is 19.4. The molecule has 2 aromatic carbocycles. The van der Waals surface area contributed by atoms with Crippen LogP contribution in [0.5, 0.6) is 0 Å². The number of hydrogen-bond acceptors (Lipinski definition) is 6. The number of sulfonamides is 1. The minimum absolute atomic E-state index is 0.168. The highest BCUT2D eigenvalue weighted by molar-refractivity contribution is 7.91. The van der Waals surface area contributed by atoms with Gasteiger partial charge < -0.3 is 9.32 Å². The van der Waals surface area contributed by atoms with Gasteiger partial charge in [0.2, 0.25) is 5.89 Å². The van der Waals surface area contributed by atoms with Crippen molar-refractivity contribution in [2.24, 2.45) is 0 Å². The van der Waals surface area contributed by atoms with E-state index in [1.54, 1.807) is 40.7 Å². The summed E-state index contributed by atoms with van der Waals surface area (Å²) >= 11 is 1.20. The number of rotatable bonds is 5. The summed E-state index contributed by atoms with van der Waals surface area (Å²) in [5.74, 6) is 0.829. The maximum absolute atomic E-state index is 13.3. The number of nitrogens with zero attached hydrogens (tertiary/aromatic N) is 3. The second kappa shape index (κ2) is 8.93. The minimum Gasteiger partial charge on any atom is -0.436 e. The molecule has 7 nitrogen and oxygen atoms in total. The first-order chi connectivity index (χ1) is 16.0. The molecule has 0 N–H and O–H groups in total. The molecule has 2 aromatic heterocycles. The molecule has 0 atom stereocenters. The predicted molar refractivity (Wildman–Crippen MR) is 126 cm³/mol. The third-order valence-corrected chi connectivity index (χ3v) is 8.84. The van der Waals surface area contributed by atoms with Crippen LogP contribution in [0.2, 0.25) is 0 Å². The fourth-order valence-electron chi connectivity index (χ4n) is 3.83. The van der Waals surface area contributed by atoms with E-state index in [-0.39, 0.29) is 19.0 Å². The van der Waals surface area contributed by atoms with Crippen molar-refractivity contribution < 1.29 is 17.6 Å². The summed E-state index contributed by atoms with van der Waals surface area (Å²) < 4.78 is 33.3.